The third-order valence-corrected chi connectivity index (χ3v) is 8.27. The minimum atomic E-state index is -4.20. The van der Waals surface area contributed by atoms with Gasteiger partial charge in [-0.2, -0.15) is 8.42 Å². The van der Waals surface area contributed by atoms with Gasteiger partial charge in [-0.25, -0.2) is 8.42 Å². The van der Waals surface area contributed by atoms with Crippen LogP contribution >= 0.6 is 0 Å². The van der Waals surface area contributed by atoms with Gasteiger partial charge in [0, 0.05) is 18.8 Å². The van der Waals surface area contributed by atoms with E-state index in [-0.39, 0.29) is 81.2 Å². The summed E-state index contributed by atoms with van der Waals surface area (Å²) < 4.78 is 60.5. The van der Waals surface area contributed by atoms with Crippen molar-refractivity contribution in [3.8, 4) is 0 Å². The number of nitrogens with one attached hydrogen (secondary N) is 1. The van der Waals surface area contributed by atoms with Gasteiger partial charge in [0.05, 0.1) is 15.9 Å². The van der Waals surface area contributed by atoms with Gasteiger partial charge in [0.2, 0.25) is 5.91 Å². The standard InChI is InChI=1S/2C16H31NO4S.Ca/c2*1-2-3-4-5-6-7-8-9-10-11-13-16(18)17-14-12-15-22(19,20)21;/h2*11,13H,2-10,12,14-15H2,1H3,(H,17,18)(H,19,20,21);/q;;+2/p-2/b2*13-11+;. The molecule has 260 valence electrons. The minimum Gasteiger partial charge on any atom is -0.859 e. The fourth-order valence-corrected chi connectivity index (χ4v) is 5.17. The van der Waals surface area contributed by atoms with Crippen LogP contribution in [0.5, 0.6) is 0 Å². The zero-order valence-electron chi connectivity index (χ0n) is 28.1. The summed E-state index contributed by atoms with van der Waals surface area (Å²) >= 11 is 0. The van der Waals surface area contributed by atoms with Crippen molar-refractivity contribution in [1.82, 2.24) is 5.32 Å². The quantitative estimate of drug-likeness (QED) is 0.0254. The molecule has 13 heteroatoms. The zero-order chi connectivity index (χ0) is 33.4. The smallest absolute Gasteiger partial charge is 0.859 e. The van der Waals surface area contributed by atoms with Gasteiger partial charge in [-0.15, -0.1) is 0 Å². The first-order valence-electron chi connectivity index (χ1n) is 16.6. The van der Waals surface area contributed by atoms with Crippen molar-refractivity contribution in [3.05, 3.63) is 24.3 Å². The molecule has 45 heavy (non-hydrogen) atoms. The number of carbonyl (C=O) groups excluding carboxylic acids is 1. The Hall–Kier alpha value is -0.500. The van der Waals surface area contributed by atoms with Crippen LogP contribution in [-0.2, 0) is 25.0 Å². The number of aliphatic imine (C=N–C) groups is 1. The summed E-state index contributed by atoms with van der Waals surface area (Å²) in [5, 5.41) is 13.9. The van der Waals surface area contributed by atoms with E-state index in [1.54, 1.807) is 0 Å². The average molecular weight is 705 g/mol. The molecule has 0 aromatic carbocycles. The Morgan fingerprint density at radius 3 is 1.58 bits per heavy atom. The van der Waals surface area contributed by atoms with Gasteiger partial charge < -0.3 is 20.0 Å². The first kappa shape index (κ1) is 48.9. The normalized spacial score (nSPS) is 12.2. The monoisotopic (exact) mass is 704 g/mol. The van der Waals surface area contributed by atoms with Crippen LogP contribution in [0, 0.1) is 0 Å². The SMILES string of the molecule is CCCCCCCCCC/C=C/C(=O)NCCCS(=O)(=O)O.CCCCCCCCCC/C=C/C([O-])=NCCCS(=O)(=O)[O-].[Ca+2]. The molecule has 0 aliphatic heterocycles. The Kier molecular flexibility index (Phi) is 37.8. The molecule has 2 N–H and O–H groups in total. The second-order valence-corrected chi connectivity index (χ2v) is 14.2. The summed E-state index contributed by atoms with van der Waals surface area (Å²) in [6.45, 7) is 4.77. The maximum absolute atomic E-state index is 11.4. The van der Waals surface area contributed by atoms with Crippen LogP contribution in [0.2, 0.25) is 0 Å². The van der Waals surface area contributed by atoms with Crippen LogP contribution in [0.4, 0.5) is 0 Å². The molecule has 10 nitrogen and oxygen atoms in total. The number of carbonyl (C=O) groups is 1. The van der Waals surface area contributed by atoms with Crippen molar-refractivity contribution in [2.45, 2.75) is 142 Å². The predicted octanol–water partition coefficient (Wildman–Crippen LogP) is 5.85. The van der Waals surface area contributed by atoms with Gasteiger partial charge in [-0.1, -0.05) is 122 Å². The summed E-state index contributed by atoms with van der Waals surface area (Å²) in [5.41, 5.74) is 0. The number of nitrogens with zero attached hydrogens (tertiary/aromatic N) is 1. The second kappa shape index (κ2) is 34.8. The van der Waals surface area contributed by atoms with Gasteiger partial charge in [-0.3, -0.25) is 9.35 Å². The van der Waals surface area contributed by atoms with Crippen LogP contribution in [0.25, 0.3) is 0 Å². The molecule has 0 atom stereocenters. The minimum absolute atomic E-state index is 0. The molecule has 0 spiro atoms. The second-order valence-electron chi connectivity index (χ2n) is 11.1. The Bertz CT molecular complexity index is 985. The van der Waals surface area contributed by atoms with E-state index < -0.39 is 26.0 Å². The fourth-order valence-electron chi connectivity index (χ4n) is 4.18. The molecule has 0 fully saturated rings. The van der Waals surface area contributed by atoms with E-state index in [9.17, 15) is 31.3 Å². The summed E-state index contributed by atoms with van der Waals surface area (Å²) in [7, 11) is -8.13. The van der Waals surface area contributed by atoms with Crippen molar-refractivity contribution in [2.75, 3.05) is 24.6 Å². The van der Waals surface area contributed by atoms with Crippen LogP contribution in [0.3, 0.4) is 0 Å². The number of hydrogen-bond donors (Lipinski definition) is 2. The van der Waals surface area contributed by atoms with Crippen molar-refractivity contribution in [2.24, 2.45) is 4.99 Å². The third-order valence-electron chi connectivity index (χ3n) is 6.68. The first-order chi connectivity index (χ1) is 20.9. The Balaban J connectivity index is -0.000000767. The van der Waals surface area contributed by atoms with E-state index in [0.29, 0.717) is 0 Å². The molecule has 0 aromatic rings. The summed E-state index contributed by atoms with van der Waals surface area (Å²) in [5.74, 6) is -1.36. The molecule has 0 saturated heterocycles. The van der Waals surface area contributed by atoms with Crippen LogP contribution in [-0.4, -0.2) is 100 Å². The van der Waals surface area contributed by atoms with Crippen molar-refractivity contribution in [3.63, 3.8) is 0 Å². The first-order valence-corrected chi connectivity index (χ1v) is 19.8. The zero-order valence-corrected chi connectivity index (χ0v) is 31.9. The topological polar surface area (TPSA) is 176 Å². The van der Waals surface area contributed by atoms with Crippen LogP contribution in [0.1, 0.15) is 142 Å². The van der Waals surface area contributed by atoms with Gasteiger partial charge >= 0.3 is 37.7 Å². The molecular weight excluding hydrogens is 645 g/mol. The van der Waals surface area contributed by atoms with Gasteiger partial charge in [-0.05, 0) is 50.5 Å². The van der Waals surface area contributed by atoms with Crippen LogP contribution in [0.15, 0.2) is 29.3 Å². The maximum atomic E-state index is 11.4. The largest absolute Gasteiger partial charge is 2.00 e. The number of amides is 1. The third kappa shape index (κ3) is 48.0. The van der Waals surface area contributed by atoms with E-state index >= 15 is 0 Å². The van der Waals surface area contributed by atoms with E-state index in [1.165, 1.54) is 102 Å². The summed E-state index contributed by atoms with van der Waals surface area (Å²) in [6.07, 6.45) is 28.9. The number of rotatable bonds is 28. The van der Waals surface area contributed by atoms with Gasteiger partial charge in [0.1, 0.15) is 0 Å². The van der Waals surface area contributed by atoms with Crippen molar-refractivity contribution < 1.29 is 35.8 Å². The van der Waals surface area contributed by atoms with E-state index in [1.807, 2.05) is 12.2 Å². The molecule has 1 amide bonds. The Labute approximate surface area is 304 Å². The molecule has 0 rings (SSSR count). The molecule has 0 unspecified atom stereocenters. The molecule has 0 heterocycles. The van der Waals surface area contributed by atoms with E-state index in [2.05, 4.69) is 24.2 Å². The number of allylic oxidation sites excluding steroid dienone is 2. The number of hydrogen-bond acceptors (Lipinski definition) is 8. The van der Waals surface area contributed by atoms with Crippen molar-refractivity contribution in [1.29, 1.82) is 0 Å². The fraction of sp³-hybridized carbons (Fsp3) is 0.812. The summed E-state index contributed by atoms with van der Waals surface area (Å²) in [4.78, 5) is 15.1. The maximum Gasteiger partial charge on any atom is 2.00 e. The number of unbranched alkanes of at least 4 members (excludes halogenated alkanes) is 16. The van der Waals surface area contributed by atoms with Gasteiger partial charge in [0.25, 0.3) is 10.1 Å². The molecule has 0 bridgehead atoms. The Morgan fingerprint density at radius 2 is 1.13 bits per heavy atom. The molecular formula is C32H60CaN2O8S2. The molecule has 0 aliphatic rings. The van der Waals surface area contributed by atoms with Crippen molar-refractivity contribution >= 4 is 69.8 Å². The molecule has 0 aliphatic carbocycles. The molecule has 0 aromatic heterocycles. The van der Waals surface area contributed by atoms with E-state index in [4.69, 9.17) is 4.55 Å². The van der Waals surface area contributed by atoms with Crippen LogP contribution < -0.4 is 10.4 Å². The van der Waals surface area contributed by atoms with E-state index in [0.717, 1.165) is 25.7 Å². The predicted molar refractivity (Wildman–Crippen MR) is 184 cm³/mol. The van der Waals surface area contributed by atoms with Gasteiger partial charge in [0.15, 0.2) is 0 Å². The summed E-state index contributed by atoms with van der Waals surface area (Å²) in [6, 6.07) is 0. The Morgan fingerprint density at radius 1 is 0.689 bits per heavy atom. The molecule has 0 saturated carbocycles. The molecule has 0 radical (unpaired) electrons. The average Bonchev–Trinajstić information content (AvgIpc) is 2.95.